The van der Waals surface area contributed by atoms with Gasteiger partial charge < -0.3 is 10.2 Å². The van der Waals surface area contributed by atoms with Crippen LogP contribution in [0.25, 0.3) is 0 Å². The van der Waals surface area contributed by atoms with Gasteiger partial charge in [0, 0.05) is 45.0 Å². The van der Waals surface area contributed by atoms with Crippen LogP contribution in [0, 0.1) is 5.92 Å². The van der Waals surface area contributed by atoms with Crippen LogP contribution in [0.4, 0.5) is 0 Å². The topological polar surface area (TPSA) is 45.2 Å². The van der Waals surface area contributed by atoms with E-state index in [4.69, 9.17) is 0 Å². The van der Waals surface area contributed by atoms with E-state index in [1.54, 1.807) is 6.20 Å². The van der Waals surface area contributed by atoms with Crippen LogP contribution in [0.5, 0.6) is 0 Å². The molecule has 1 aromatic heterocycles. The van der Waals surface area contributed by atoms with Crippen molar-refractivity contribution in [3.8, 4) is 0 Å². The van der Waals surface area contributed by atoms with Crippen molar-refractivity contribution >= 4 is 5.91 Å². The van der Waals surface area contributed by atoms with Crippen LogP contribution in [0.3, 0.4) is 0 Å². The Bertz CT molecular complexity index is 374. The zero-order chi connectivity index (χ0) is 12.8. The van der Waals surface area contributed by atoms with E-state index in [1.165, 1.54) is 5.56 Å². The number of nitrogens with zero attached hydrogens (tertiary/aromatic N) is 2. The summed E-state index contributed by atoms with van der Waals surface area (Å²) in [6.07, 6.45) is 5.21. The highest BCUT2D eigenvalue weighted by molar-refractivity contribution is 5.76. The van der Waals surface area contributed by atoms with Gasteiger partial charge in [0.1, 0.15) is 0 Å². The van der Waals surface area contributed by atoms with E-state index in [-0.39, 0.29) is 5.91 Å². The first-order valence-electron chi connectivity index (χ1n) is 6.63. The summed E-state index contributed by atoms with van der Waals surface area (Å²) in [5, 5.41) is 3.26. The van der Waals surface area contributed by atoms with Crippen molar-refractivity contribution in [3.05, 3.63) is 30.1 Å². The maximum atomic E-state index is 12.1. The molecule has 4 nitrogen and oxygen atoms in total. The second-order valence-electron chi connectivity index (χ2n) is 5.01. The SMILES string of the molecule is CC(CC(=O)N1CCNCC1)Cc1cccnc1. The largest absolute Gasteiger partial charge is 0.340 e. The van der Waals surface area contributed by atoms with Gasteiger partial charge in [0.05, 0.1) is 0 Å². The van der Waals surface area contributed by atoms with Crippen molar-refractivity contribution in [1.82, 2.24) is 15.2 Å². The molecule has 1 saturated heterocycles. The molecule has 18 heavy (non-hydrogen) atoms. The molecule has 1 unspecified atom stereocenters. The predicted octanol–water partition coefficient (Wildman–Crippen LogP) is 1.08. The van der Waals surface area contributed by atoms with Gasteiger partial charge in [0.15, 0.2) is 0 Å². The smallest absolute Gasteiger partial charge is 0.222 e. The summed E-state index contributed by atoms with van der Waals surface area (Å²) in [5.74, 6) is 0.657. The van der Waals surface area contributed by atoms with Gasteiger partial charge in [-0.25, -0.2) is 0 Å². The number of carbonyl (C=O) groups is 1. The second kappa shape index (κ2) is 6.50. The Labute approximate surface area is 108 Å². The molecule has 0 radical (unpaired) electrons. The molecular weight excluding hydrogens is 226 g/mol. The maximum Gasteiger partial charge on any atom is 0.222 e. The minimum atomic E-state index is 0.285. The van der Waals surface area contributed by atoms with Gasteiger partial charge in [0.25, 0.3) is 0 Å². The molecule has 1 aromatic rings. The lowest BCUT2D eigenvalue weighted by molar-refractivity contribution is -0.132. The van der Waals surface area contributed by atoms with Gasteiger partial charge in [-0.3, -0.25) is 9.78 Å². The van der Waals surface area contributed by atoms with Gasteiger partial charge in [-0.15, -0.1) is 0 Å². The minimum Gasteiger partial charge on any atom is -0.340 e. The van der Waals surface area contributed by atoms with Crippen molar-refractivity contribution in [1.29, 1.82) is 0 Å². The number of hydrogen-bond donors (Lipinski definition) is 1. The molecule has 98 valence electrons. The van der Waals surface area contributed by atoms with E-state index in [0.717, 1.165) is 32.6 Å². The van der Waals surface area contributed by atoms with Crippen LogP contribution in [0.1, 0.15) is 18.9 Å². The second-order valence-corrected chi connectivity index (χ2v) is 5.01. The molecule has 2 heterocycles. The molecule has 4 heteroatoms. The number of piperazine rings is 1. The van der Waals surface area contributed by atoms with E-state index in [1.807, 2.05) is 17.2 Å². The summed E-state index contributed by atoms with van der Waals surface area (Å²) in [6.45, 7) is 5.66. The van der Waals surface area contributed by atoms with Crippen molar-refractivity contribution in [3.63, 3.8) is 0 Å². The van der Waals surface area contributed by atoms with Crippen LogP contribution in [-0.4, -0.2) is 42.0 Å². The number of carbonyl (C=O) groups excluding carboxylic acids is 1. The third-order valence-corrected chi connectivity index (χ3v) is 3.30. The Kier molecular flexibility index (Phi) is 4.70. The van der Waals surface area contributed by atoms with Crippen LogP contribution in [0.2, 0.25) is 0 Å². The number of nitrogens with one attached hydrogen (secondary N) is 1. The van der Waals surface area contributed by atoms with Crippen molar-refractivity contribution < 1.29 is 4.79 Å². The zero-order valence-electron chi connectivity index (χ0n) is 10.9. The summed E-state index contributed by atoms with van der Waals surface area (Å²) < 4.78 is 0. The number of amides is 1. The summed E-state index contributed by atoms with van der Waals surface area (Å²) in [4.78, 5) is 18.2. The maximum absolute atomic E-state index is 12.1. The number of pyridine rings is 1. The molecule has 0 aliphatic carbocycles. The average molecular weight is 247 g/mol. The quantitative estimate of drug-likeness (QED) is 0.866. The Morgan fingerprint density at radius 1 is 1.50 bits per heavy atom. The standard InChI is InChI=1S/C14H21N3O/c1-12(9-13-3-2-4-16-11-13)10-14(18)17-7-5-15-6-8-17/h2-4,11-12,15H,5-10H2,1H3. The van der Waals surface area contributed by atoms with Gasteiger partial charge in [-0.05, 0) is 24.0 Å². The summed E-state index contributed by atoms with van der Waals surface area (Å²) in [6, 6.07) is 4.01. The molecule has 0 spiro atoms. The third kappa shape index (κ3) is 3.81. The average Bonchev–Trinajstić information content (AvgIpc) is 2.40. The molecule has 2 rings (SSSR count). The summed E-state index contributed by atoms with van der Waals surface area (Å²) >= 11 is 0. The third-order valence-electron chi connectivity index (χ3n) is 3.30. The molecule has 1 fully saturated rings. The molecule has 1 amide bonds. The van der Waals surface area contributed by atoms with Gasteiger partial charge >= 0.3 is 0 Å². The summed E-state index contributed by atoms with van der Waals surface area (Å²) in [5.41, 5.74) is 1.21. The van der Waals surface area contributed by atoms with Crippen LogP contribution in [-0.2, 0) is 11.2 Å². The zero-order valence-corrected chi connectivity index (χ0v) is 10.9. The fourth-order valence-electron chi connectivity index (χ4n) is 2.33. The van der Waals surface area contributed by atoms with E-state index in [2.05, 4.69) is 23.3 Å². The first kappa shape index (κ1) is 13.0. The lowest BCUT2D eigenvalue weighted by Gasteiger charge is -2.28. The first-order valence-corrected chi connectivity index (χ1v) is 6.63. The highest BCUT2D eigenvalue weighted by Crippen LogP contribution is 2.12. The van der Waals surface area contributed by atoms with Crippen LogP contribution in [0.15, 0.2) is 24.5 Å². The normalized spacial score (nSPS) is 17.5. The van der Waals surface area contributed by atoms with Gasteiger partial charge in [-0.2, -0.15) is 0 Å². The highest BCUT2D eigenvalue weighted by atomic mass is 16.2. The molecule has 0 aromatic carbocycles. The lowest BCUT2D eigenvalue weighted by Crippen LogP contribution is -2.46. The number of aromatic nitrogens is 1. The first-order chi connectivity index (χ1) is 8.75. The van der Waals surface area contributed by atoms with Gasteiger partial charge in [0.2, 0.25) is 5.91 Å². The van der Waals surface area contributed by atoms with Crippen LogP contribution >= 0.6 is 0 Å². The molecule has 1 aliphatic rings. The van der Waals surface area contributed by atoms with E-state index < -0.39 is 0 Å². The predicted molar refractivity (Wildman–Crippen MR) is 71.2 cm³/mol. The van der Waals surface area contributed by atoms with E-state index in [9.17, 15) is 4.79 Å². The Balaban J connectivity index is 1.79. The molecule has 0 bridgehead atoms. The van der Waals surface area contributed by atoms with Gasteiger partial charge in [-0.1, -0.05) is 13.0 Å². The monoisotopic (exact) mass is 247 g/mol. The van der Waals surface area contributed by atoms with Crippen molar-refractivity contribution in [2.24, 2.45) is 5.92 Å². The van der Waals surface area contributed by atoms with Crippen molar-refractivity contribution in [2.75, 3.05) is 26.2 Å². The Morgan fingerprint density at radius 3 is 2.94 bits per heavy atom. The summed E-state index contributed by atoms with van der Waals surface area (Å²) in [7, 11) is 0. The molecule has 0 saturated carbocycles. The highest BCUT2D eigenvalue weighted by Gasteiger charge is 2.18. The van der Waals surface area contributed by atoms with Crippen molar-refractivity contribution in [2.45, 2.75) is 19.8 Å². The number of rotatable bonds is 4. The van der Waals surface area contributed by atoms with Crippen LogP contribution < -0.4 is 5.32 Å². The minimum absolute atomic E-state index is 0.285. The molecule has 1 atom stereocenters. The fraction of sp³-hybridized carbons (Fsp3) is 0.571. The molecular formula is C14H21N3O. The van der Waals surface area contributed by atoms with E-state index >= 15 is 0 Å². The number of hydrogen-bond acceptors (Lipinski definition) is 3. The molecule has 1 aliphatic heterocycles. The lowest BCUT2D eigenvalue weighted by atomic mass is 9.98. The van der Waals surface area contributed by atoms with E-state index in [0.29, 0.717) is 12.3 Å². The fourth-order valence-corrected chi connectivity index (χ4v) is 2.33. The molecule has 1 N–H and O–H groups in total. The Morgan fingerprint density at radius 2 is 2.28 bits per heavy atom. The Hall–Kier alpha value is -1.42.